The molecule has 2 aromatic rings. The number of piperazine rings is 1. The lowest BCUT2D eigenvalue weighted by Gasteiger charge is -2.37. The van der Waals surface area contributed by atoms with Crippen LogP contribution in [0.15, 0.2) is 21.6 Å². The van der Waals surface area contributed by atoms with Crippen LogP contribution < -0.4 is 4.74 Å². The number of hydrogen-bond donors (Lipinski definition) is 0. The third-order valence-electron chi connectivity index (χ3n) is 7.37. The minimum Gasteiger partial charge on any atom is -0.497 e. The van der Waals surface area contributed by atoms with Crippen molar-refractivity contribution in [2.24, 2.45) is 5.92 Å². The Morgan fingerprint density at radius 1 is 1.11 bits per heavy atom. The number of ether oxygens (including phenoxy) is 1. The van der Waals surface area contributed by atoms with Crippen molar-refractivity contribution in [2.75, 3.05) is 67.0 Å². The predicted octanol–water partition coefficient (Wildman–Crippen LogP) is 1.62. The number of amides is 1. The monoisotopic (exact) mass is 534 g/mol. The summed E-state index contributed by atoms with van der Waals surface area (Å²) in [6, 6.07) is 3.37. The zero-order valence-corrected chi connectivity index (χ0v) is 23.3. The van der Waals surface area contributed by atoms with E-state index in [1.165, 1.54) is 19.9 Å². The standard InChI is InChI=1S/C25H38N6O5S/c1-18-14-21(35-5)15-19(2)23(18)37(33,34)29(4)17-22-26-24(36-27-22)25(32)31-12-10-30(11-13-31)16-20-6-8-28(3)9-7-20/h14-15,20H,6-13,16-17H2,1-5H3. The molecule has 2 saturated heterocycles. The molecule has 4 rings (SSSR count). The number of aromatic nitrogens is 2. The zero-order chi connectivity index (χ0) is 26.7. The first-order valence-corrected chi connectivity index (χ1v) is 14.2. The van der Waals surface area contributed by atoms with Crippen LogP contribution in [0.5, 0.6) is 5.75 Å². The molecule has 204 valence electrons. The average molecular weight is 535 g/mol. The summed E-state index contributed by atoms with van der Waals surface area (Å²) in [5, 5.41) is 3.88. The fourth-order valence-corrected chi connectivity index (χ4v) is 6.69. The summed E-state index contributed by atoms with van der Waals surface area (Å²) < 4.78 is 38.2. The number of nitrogens with zero attached hydrogens (tertiary/aromatic N) is 6. The van der Waals surface area contributed by atoms with E-state index in [1.54, 1.807) is 38.0 Å². The van der Waals surface area contributed by atoms with Gasteiger partial charge in [0.2, 0.25) is 10.0 Å². The molecule has 0 unspecified atom stereocenters. The first-order valence-electron chi connectivity index (χ1n) is 12.7. The molecule has 2 fully saturated rings. The molecule has 3 heterocycles. The van der Waals surface area contributed by atoms with E-state index in [1.807, 2.05) is 0 Å². The Balaban J connectivity index is 1.33. The Morgan fingerprint density at radius 2 is 1.73 bits per heavy atom. The number of carbonyl (C=O) groups excluding carboxylic acids is 1. The molecule has 1 amide bonds. The number of hydrogen-bond acceptors (Lipinski definition) is 9. The highest BCUT2D eigenvalue weighted by atomic mass is 32.2. The Bertz CT molecular complexity index is 1180. The van der Waals surface area contributed by atoms with Gasteiger partial charge < -0.3 is 19.1 Å². The van der Waals surface area contributed by atoms with Crippen molar-refractivity contribution in [3.63, 3.8) is 0 Å². The van der Waals surface area contributed by atoms with Crippen molar-refractivity contribution in [1.82, 2.24) is 29.1 Å². The van der Waals surface area contributed by atoms with Crippen LogP contribution in [0.3, 0.4) is 0 Å². The van der Waals surface area contributed by atoms with Gasteiger partial charge in [-0.15, -0.1) is 0 Å². The van der Waals surface area contributed by atoms with E-state index in [0.29, 0.717) is 30.0 Å². The van der Waals surface area contributed by atoms with Gasteiger partial charge in [0.15, 0.2) is 5.82 Å². The van der Waals surface area contributed by atoms with Gasteiger partial charge in [-0.25, -0.2) is 8.42 Å². The predicted molar refractivity (Wildman–Crippen MR) is 138 cm³/mol. The first-order chi connectivity index (χ1) is 17.6. The van der Waals surface area contributed by atoms with Gasteiger partial charge >= 0.3 is 11.8 Å². The second kappa shape index (κ2) is 11.5. The maximum absolute atomic E-state index is 13.3. The number of methoxy groups -OCH3 is 1. The van der Waals surface area contributed by atoms with E-state index in [2.05, 4.69) is 27.0 Å². The van der Waals surface area contributed by atoms with E-state index in [9.17, 15) is 13.2 Å². The number of carbonyl (C=O) groups is 1. The van der Waals surface area contributed by atoms with Gasteiger partial charge in [0, 0.05) is 39.8 Å². The second-order valence-electron chi connectivity index (χ2n) is 10.2. The Kier molecular flexibility index (Phi) is 8.52. The summed E-state index contributed by atoms with van der Waals surface area (Å²) in [5.41, 5.74) is 1.17. The van der Waals surface area contributed by atoms with Crippen LogP contribution in [-0.2, 0) is 16.6 Å². The Morgan fingerprint density at radius 3 is 2.32 bits per heavy atom. The van der Waals surface area contributed by atoms with E-state index in [0.717, 1.165) is 42.9 Å². The molecule has 37 heavy (non-hydrogen) atoms. The number of aryl methyl sites for hydroxylation is 2. The third kappa shape index (κ3) is 6.31. The maximum Gasteiger partial charge on any atom is 0.316 e. The minimum atomic E-state index is -3.82. The molecule has 2 aliphatic heterocycles. The molecule has 1 aromatic carbocycles. The van der Waals surface area contributed by atoms with Crippen LogP contribution in [0.25, 0.3) is 0 Å². The van der Waals surface area contributed by atoms with Gasteiger partial charge in [-0.2, -0.15) is 9.29 Å². The summed E-state index contributed by atoms with van der Waals surface area (Å²) in [6.45, 7) is 9.58. The Hall–Kier alpha value is -2.54. The van der Waals surface area contributed by atoms with Crippen LogP contribution in [-0.4, -0.2) is 110 Å². The SMILES string of the molecule is COc1cc(C)c(S(=O)(=O)N(C)Cc2noc(C(=O)N3CCN(CC4CCN(C)CC4)CC3)n2)c(C)c1. The number of likely N-dealkylation sites (tertiary alicyclic amines) is 1. The maximum atomic E-state index is 13.3. The van der Waals surface area contributed by atoms with E-state index >= 15 is 0 Å². The molecule has 0 aliphatic carbocycles. The van der Waals surface area contributed by atoms with E-state index < -0.39 is 10.0 Å². The summed E-state index contributed by atoms with van der Waals surface area (Å²) in [6.07, 6.45) is 2.45. The zero-order valence-electron chi connectivity index (χ0n) is 22.4. The smallest absolute Gasteiger partial charge is 0.316 e. The lowest BCUT2D eigenvalue weighted by Crippen LogP contribution is -2.50. The van der Waals surface area contributed by atoms with Crippen LogP contribution >= 0.6 is 0 Å². The van der Waals surface area contributed by atoms with Gasteiger partial charge in [-0.1, -0.05) is 5.16 Å². The van der Waals surface area contributed by atoms with Crippen LogP contribution in [0.2, 0.25) is 0 Å². The number of benzene rings is 1. The molecule has 0 spiro atoms. The van der Waals surface area contributed by atoms with E-state index in [-0.39, 0.29) is 29.1 Å². The largest absolute Gasteiger partial charge is 0.497 e. The topological polar surface area (TPSA) is 112 Å². The van der Waals surface area contributed by atoms with Gasteiger partial charge in [0.05, 0.1) is 18.6 Å². The van der Waals surface area contributed by atoms with Crippen molar-refractivity contribution < 1.29 is 22.5 Å². The van der Waals surface area contributed by atoms with Gasteiger partial charge in [0.1, 0.15) is 5.75 Å². The lowest BCUT2D eigenvalue weighted by molar-refractivity contribution is 0.0549. The van der Waals surface area contributed by atoms with Gasteiger partial charge in [-0.05, 0) is 76.0 Å². The molecule has 0 saturated carbocycles. The minimum absolute atomic E-state index is 0.110. The number of piperidine rings is 1. The third-order valence-corrected chi connectivity index (χ3v) is 9.48. The molecule has 0 atom stereocenters. The number of sulfonamides is 1. The first kappa shape index (κ1) is 27.5. The molecule has 2 aliphatic rings. The molecule has 11 nitrogen and oxygen atoms in total. The normalized spacial score (nSPS) is 18.5. The van der Waals surface area contributed by atoms with Crippen molar-refractivity contribution in [2.45, 2.75) is 38.1 Å². The fraction of sp³-hybridized carbons (Fsp3) is 0.640. The molecule has 12 heteroatoms. The van der Waals surface area contributed by atoms with Crippen LogP contribution in [0.1, 0.15) is 40.5 Å². The van der Waals surface area contributed by atoms with Crippen molar-refractivity contribution in [3.05, 3.63) is 35.0 Å². The van der Waals surface area contributed by atoms with Gasteiger partial charge in [-0.3, -0.25) is 9.69 Å². The molecular weight excluding hydrogens is 496 g/mol. The van der Waals surface area contributed by atoms with Gasteiger partial charge in [0.25, 0.3) is 0 Å². The summed E-state index contributed by atoms with van der Waals surface area (Å²) in [4.78, 5) is 23.9. The lowest BCUT2D eigenvalue weighted by atomic mass is 9.96. The second-order valence-corrected chi connectivity index (χ2v) is 12.2. The summed E-state index contributed by atoms with van der Waals surface area (Å²) in [7, 11) is 1.35. The van der Waals surface area contributed by atoms with Crippen LogP contribution in [0.4, 0.5) is 0 Å². The highest BCUT2D eigenvalue weighted by molar-refractivity contribution is 7.89. The van der Waals surface area contributed by atoms with Crippen LogP contribution in [0, 0.1) is 19.8 Å². The molecule has 0 bridgehead atoms. The average Bonchev–Trinajstić information content (AvgIpc) is 3.33. The highest BCUT2D eigenvalue weighted by Gasteiger charge is 2.30. The fourth-order valence-electron chi connectivity index (χ4n) is 5.16. The molecule has 0 N–H and O–H groups in total. The van der Waals surface area contributed by atoms with Crippen molar-refractivity contribution >= 4 is 15.9 Å². The number of rotatable bonds is 8. The van der Waals surface area contributed by atoms with E-state index in [4.69, 9.17) is 9.26 Å². The molecule has 1 aromatic heterocycles. The van der Waals surface area contributed by atoms with Crippen molar-refractivity contribution in [3.8, 4) is 5.75 Å². The summed E-state index contributed by atoms with van der Waals surface area (Å²) in [5.74, 6) is 1.03. The molecule has 0 radical (unpaired) electrons. The highest BCUT2D eigenvalue weighted by Crippen LogP contribution is 2.28. The quantitative estimate of drug-likeness (QED) is 0.499. The van der Waals surface area contributed by atoms with Crippen molar-refractivity contribution in [1.29, 1.82) is 0 Å². The molecular formula is C25H38N6O5S. The summed E-state index contributed by atoms with van der Waals surface area (Å²) >= 11 is 0. The Labute approximate surface area is 219 Å².